The smallest absolute Gasteiger partial charge is 0.328 e. The Bertz CT molecular complexity index is 550. The molecule has 1 aromatic carbocycles. The van der Waals surface area contributed by atoms with E-state index < -0.39 is 6.04 Å². The molecule has 0 saturated carbocycles. The highest BCUT2D eigenvalue weighted by Crippen LogP contribution is 2.26. The van der Waals surface area contributed by atoms with Gasteiger partial charge in [0.2, 0.25) is 0 Å². The van der Waals surface area contributed by atoms with Gasteiger partial charge in [0.25, 0.3) is 5.91 Å². The predicted octanol–water partition coefficient (Wildman–Crippen LogP) is 3.66. The van der Waals surface area contributed by atoms with Gasteiger partial charge in [0.1, 0.15) is 6.04 Å². The molecule has 1 unspecified atom stereocenters. The summed E-state index contributed by atoms with van der Waals surface area (Å²) in [6, 6.07) is 4.61. The first-order chi connectivity index (χ1) is 10.0. The zero-order chi connectivity index (χ0) is 15.4. The fourth-order valence-corrected chi connectivity index (χ4v) is 3.03. The Morgan fingerprint density at radius 2 is 2.19 bits per heavy atom. The van der Waals surface area contributed by atoms with E-state index in [0.29, 0.717) is 30.2 Å². The van der Waals surface area contributed by atoms with Crippen molar-refractivity contribution < 1.29 is 14.3 Å². The number of carbonyl (C=O) groups is 2. The van der Waals surface area contributed by atoms with Gasteiger partial charge in [0.05, 0.1) is 17.2 Å². The van der Waals surface area contributed by atoms with Crippen LogP contribution in [0.5, 0.6) is 0 Å². The van der Waals surface area contributed by atoms with Gasteiger partial charge in [-0.2, -0.15) is 0 Å². The lowest BCUT2D eigenvalue weighted by atomic mass is 10.0. The minimum atomic E-state index is -0.513. The van der Waals surface area contributed by atoms with Crippen LogP contribution in [0.4, 0.5) is 0 Å². The van der Waals surface area contributed by atoms with Crippen molar-refractivity contribution in [2.24, 2.45) is 0 Å². The molecule has 4 nitrogen and oxygen atoms in total. The quantitative estimate of drug-likeness (QED) is 0.759. The average Bonchev–Trinajstić information content (AvgIpc) is 2.49. The lowest BCUT2D eigenvalue weighted by Crippen LogP contribution is -2.48. The summed E-state index contributed by atoms with van der Waals surface area (Å²) in [5, 5.41) is 0.386. The molecular weight excluding hydrogens is 358 g/mol. The Kier molecular flexibility index (Phi) is 5.65. The van der Waals surface area contributed by atoms with Gasteiger partial charge in [-0.25, -0.2) is 4.79 Å². The number of piperidine rings is 1. The number of ether oxygens (including phenoxy) is 1. The Balaban J connectivity index is 2.26. The first-order valence-corrected chi connectivity index (χ1v) is 8.14. The third kappa shape index (κ3) is 3.77. The van der Waals surface area contributed by atoms with E-state index in [4.69, 9.17) is 16.3 Å². The molecule has 1 aromatic rings. The number of esters is 1. The summed E-state index contributed by atoms with van der Waals surface area (Å²) in [6.45, 7) is 2.62. The number of rotatable bonds is 3. The summed E-state index contributed by atoms with van der Waals surface area (Å²) in [4.78, 5) is 26.3. The summed E-state index contributed by atoms with van der Waals surface area (Å²) in [5.41, 5.74) is 0.405. The molecule has 1 amide bonds. The molecule has 0 N–H and O–H groups in total. The molecule has 21 heavy (non-hydrogen) atoms. The van der Waals surface area contributed by atoms with Gasteiger partial charge in [-0.15, -0.1) is 0 Å². The number of nitrogens with zero attached hydrogens (tertiary/aromatic N) is 1. The van der Waals surface area contributed by atoms with Crippen LogP contribution in [-0.4, -0.2) is 36.0 Å². The number of likely N-dealkylation sites (tertiary alicyclic amines) is 1. The van der Waals surface area contributed by atoms with Crippen molar-refractivity contribution in [2.45, 2.75) is 32.2 Å². The summed E-state index contributed by atoms with van der Waals surface area (Å²) >= 11 is 9.45. The molecule has 6 heteroatoms. The van der Waals surface area contributed by atoms with Gasteiger partial charge in [-0.3, -0.25) is 4.79 Å². The Morgan fingerprint density at radius 3 is 2.90 bits per heavy atom. The zero-order valence-corrected chi connectivity index (χ0v) is 14.1. The van der Waals surface area contributed by atoms with Crippen LogP contribution in [-0.2, 0) is 9.53 Å². The summed E-state index contributed by atoms with van der Waals surface area (Å²) in [5.74, 6) is -0.560. The largest absolute Gasteiger partial charge is 0.464 e. The van der Waals surface area contributed by atoms with Crippen molar-refractivity contribution in [3.05, 3.63) is 33.3 Å². The third-order valence-electron chi connectivity index (χ3n) is 3.48. The zero-order valence-electron chi connectivity index (χ0n) is 11.8. The second-order valence-electron chi connectivity index (χ2n) is 4.89. The first-order valence-electron chi connectivity index (χ1n) is 6.97. The van der Waals surface area contributed by atoms with Crippen LogP contribution in [0.3, 0.4) is 0 Å². The van der Waals surface area contributed by atoms with E-state index >= 15 is 0 Å². The highest BCUT2D eigenvalue weighted by molar-refractivity contribution is 9.10. The van der Waals surface area contributed by atoms with E-state index in [2.05, 4.69) is 15.9 Å². The highest BCUT2D eigenvalue weighted by atomic mass is 79.9. The van der Waals surface area contributed by atoms with E-state index in [-0.39, 0.29) is 11.9 Å². The van der Waals surface area contributed by atoms with Crippen molar-refractivity contribution in [3.63, 3.8) is 0 Å². The average molecular weight is 375 g/mol. The van der Waals surface area contributed by atoms with Crippen LogP contribution in [0.15, 0.2) is 22.7 Å². The van der Waals surface area contributed by atoms with Crippen molar-refractivity contribution in [1.29, 1.82) is 0 Å². The second kappa shape index (κ2) is 7.27. The number of hydrogen-bond donors (Lipinski definition) is 0. The molecular formula is C15H17BrClNO3. The maximum absolute atomic E-state index is 12.7. The van der Waals surface area contributed by atoms with Crippen LogP contribution in [0.2, 0.25) is 5.02 Å². The number of benzene rings is 1. The molecule has 0 aromatic heterocycles. The van der Waals surface area contributed by atoms with Gasteiger partial charge in [0, 0.05) is 11.0 Å². The molecule has 0 radical (unpaired) electrons. The predicted molar refractivity (Wildman–Crippen MR) is 84.5 cm³/mol. The van der Waals surface area contributed by atoms with E-state index in [1.807, 2.05) is 0 Å². The third-order valence-corrected chi connectivity index (χ3v) is 4.30. The summed E-state index contributed by atoms with van der Waals surface area (Å²) in [6.07, 6.45) is 2.43. The molecule has 1 aliphatic heterocycles. The van der Waals surface area contributed by atoms with Crippen LogP contribution in [0.1, 0.15) is 36.5 Å². The maximum Gasteiger partial charge on any atom is 0.328 e. The van der Waals surface area contributed by atoms with E-state index in [0.717, 1.165) is 17.3 Å². The van der Waals surface area contributed by atoms with Gasteiger partial charge in [-0.05, 0) is 44.4 Å². The molecule has 1 aliphatic rings. The van der Waals surface area contributed by atoms with E-state index in [9.17, 15) is 9.59 Å². The molecule has 1 heterocycles. The fourth-order valence-electron chi connectivity index (χ4n) is 2.47. The van der Waals surface area contributed by atoms with Crippen molar-refractivity contribution in [1.82, 2.24) is 4.90 Å². The van der Waals surface area contributed by atoms with Crippen molar-refractivity contribution in [2.75, 3.05) is 13.2 Å². The molecule has 0 spiro atoms. The first kappa shape index (κ1) is 16.3. The Labute approximate surface area is 137 Å². The molecule has 1 fully saturated rings. The van der Waals surface area contributed by atoms with Gasteiger partial charge in [-0.1, -0.05) is 27.5 Å². The number of hydrogen-bond acceptors (Lipinski definition) is 3. The SMILES string of the molecule is CCOC(=O)C1CCCCN1C(=O)c1cc(Br)ccc1Cl. The standard InChI is InChI=1S/C15H17BrClNO3/c1-2-21-15(20)13-5-3-4-8-18(13)14(19)11-9-10(16)6-7-12(11)17/h6-7,9,13H,2-5,8H2,1H3. The van der Waals surface area contributed by atoms with Crippen LogP contribution < -0.4 is 0 Å². The topological polar surface area (TPSA) is 46.6 Å². The number of amides is 1. The highest BCUT2D eigenvalue weighted by Gasteiger charge is 2.34. The molecule has 0 aliphatic carbocycles. The summed E-state index contributed by atoms with van der Waals surface area (Å²) in [7, 11) is 0. The number of halogens is 2. The molecule has 114 valence electrons. The van der Waals surface area contributed by atoms with Crippen molar-refractivity contribution in [3.8, 4) is 0 Å². The molecule has 1 saturated heterocycles. The number of carbonyl (C=O) groups excluding carboxylic acids is 2. The molecule has 1 atom stereocenters. The normalized spacial score (nSPS) is 18.4. The monoisotopic (exact) mass is 373 g/mol. The van der Waals surface area contributed by atoms with Gasteiger partial charge >= 0.3 is 5.97 Å². The maximum atomic E-state index is 12.7. The van der Waals surface area contributed by atoms with Crippen molar-refractivity contribution >= 4 is 39.4 Å². The minimum absolute atomic E-state index is 0.223. The van der Waals surface area contributed by atoms with E-state index in [1.165, 1.54) is 0 Å². The molecule has 2 rings (SSSR count). The van der Waals surface area contributed by atoms with E-state index in [1.54, 1.807) is 30.0 Å². The van der Waals surface area contributed by atoms with Crippen LogP contribution >= 0.6 is 27.5 Å². The Morgan fingerprint density at radius 1 is 1.43 bits per heavy atom. The second-order valence-corrected chi connectivity index (χ2v) is 6.21. The summed E-state index contributed by atoms with van der Waals surface area (Å²) < 4.78 is 5.85. The van der Waals surface area contributed by atoms with Crippen LogP contribution in [0.25, 0.3) is 0 Å². The minimum Gasteiger partial charge on any atom is -0.464 e. The fraction of sp³-hybridized carbons (Fsp3) is 0.467. The Hall–Kier alpha value is -1.07. The van der Waals surface area contributed by atoms with Gasteiger partial charge in [0.15, 0.2) is 0 Å². The lowest BCUT2D eigenvalue weighted by Gasteiger charge is -2.34. The molecule has 0 bridgehead atoms. The lowest BCUT2D eigenvalue weighted by molar-refractivity contribution is -0.149. The van der Waals surface area contributed by atoms with Crippen LogP contribution in [0, 0.1) is 0 Å². The van der Waals surface area contributed by atoms with Gasteiger partial charge < -0.3 is 9.64 Å².